The topological polar surface area (TPSA) is 83.2 Å². The molecule has 0 bridgehead atoms. The van der Waals surface area contributed by atoms with Crippen molar-refractivity contribution in [1.29, 1.82) is 0 Å². The molecule has 10 heteroatoms. The summed E-state index contributed by atoms with van der Waals surface area (Å²) in [5.74, 6) is 3.25. The molecule has 39 heavy (non-hydrogen) atoms. The van der Waals surface area contributed by atoms with Crippen LogP contribution in [0.15, 0.2) is 25.0 Å². The van der Waals surface area contributed by atoms with Gasteiger partial charge in [-0.3, -0.25) is 20.3 Å². The number of hydrogen-bond acceptors (Lipinski definition) is 6. The molecule has 2 saturated heterocycles. The number of hydrogen-bond donors (Lipinski definition) is 2. The molecule has 2 aliphatic carbocycles. The van der Waals surface area contributed by atoms with Crippen LogP contribution in [0.4, 0.5) is 5.82 Å². The number of nitrogens with one attached hydrogen (secondary N) is 2. The van der Waals surface area contributed by atoms with Gasteiger partial charge in [-0.1, -0.05) is 13.5 Å². The molecule has 5 atom stereocenters. The van der Waals surface area contributed by atoms with Gasteiger partial charge in [-0.25, -0.2) is 4.98 Å². The van der Waals surface area contributed by atoms with Crippen molar-refractivity contribution in [2.24, 2.45) is 17.3 Å². The van der Waals surface area contributed by atoms with Crippen LogP contribution in [0.2, 0.25) is 0 Å². The van der Waals surface area contributed by atoms with Crippen molar-refractivity contribution in [3.05, 3.63) is 42.1 Å². The fourth-order valence-electron chi connectivity index (χ4n) is 8.54. The minimum absolute atomic E-state index is 0.0440. The predicted octanol–water partition coefficient (Wildman–Crippen LogP) is 3.32. The number of aromatic nitrogens is 4. The molecule has 210 valence electrons. The van der Waals surface area contributed by atoms with E-state index in [1.54, 1.807) is 0 Å². The highest BCUT2D eigenvalue weighted by molar-refractivity contribution is 6.21. The van der Waals surface area contributed by atoms with Crippen molar-refractivity contribution in [3.8, 4) is 0 Å². The molecule has 9 nitrogen and oxygen atoms in total. The average Bonchev–Trinajstić information content (AvgIpc) is 3.58. The van der Waals surface area contributed by atoms with Gasteiger partial charge in [0.05, 0.1) is 11.6 Å². The number of likely N-dealkylation sites (tertiary alicyclic amines) is 1. The van der Waals surface area contributed by atoms with Gasteiger partial charge in [0.25, 0.3) is 0 Å². The lowest BCUT2D eigenvalue weighted by molar-refractivity contribution is -0.149. The number of anilines is 1. The van der Waals surface area contributed by atoms with E-state index in [0.29, 0.717) is 23.9 Å². The van der Waals surface area contributed by atoms with Crippen molar-refractivity contribution in [2.75, 3.05) is 31.1 Å². The number of carbonyl (C=O) groups is 1. The van der Waals surface area contributed by atoms with Gasteiger partial charge in [0, 0.05) is 79.1 Å². The number of halogens is 1. The Morgan fingerprint density at radius 2 is 2.03 bits per heavy atom. The van der Waals surface area contributed by atoms with Crippen molar-refractivity contribution < 1.29 is 4.79 Å². The normalized spacial score (nSPS) is 32.9. The molecule has 0 aromatic carbocycles. The highest BCUT2D eigenvalue weighted by Crippen LogP contribution is 2.56. The first-order valence-corrected chi connectivity index (χ1v) is 15.0. The van der Waals surface area contributed by atoms with E-state index in [-0.39, 0.29) is 28.2 Å². The van der Waals surface area contributed by atoms with Crippen molar-refractivity contribution in [1.82, 2.24) is 35.1 Å². The van der Waals surface area contributed by atoms with E-state index in [1.807, 2.05) is 11.1 Å². The first kappa shape index (κ1) is 25.6. The second-order valence-electron chi connectivity index (χ2n) is 13.4. The molecule has 7 rings (SSSR count). The molecule has 1 spiro atoms. The average molecular weight is 553 g/mol. The summed E-state index contributed by atoms with van der Waals surface area (Å²) >= 11 is 7.35. The van der Waals surface area contributed by atoms with Crippen LogP contribution < -0.4 is 15.8 Å². The fourth-order valence-corrected chi connectivity index (χ4v) is 8.96. The Morgan fingerprint density at radius 3 is 2.77 bits per heavy atom. The smallest absolute Gasteiger partial charge is 0.245 e. The Kier molecular flexibility index (Phi) is 5.79. The van der Waals surface area contributed by atoms with Crippen molar-refractivity contribution >= 4 is 23.3 Å². The van der Waals surface area contributed by atoms with Gasteiger partial charge in [-0.2, -0.15) is 5.10 Å². The van der Waals surface area contributed by atoms with E-state index in [1.165, 1.54) is 17.3 Å². The molecule has 2 aromatic rings. The summed E-state index contributed by atoms with van der Waals surface area (Å²) in [7, 11) is 0. The third kappa shape index (κ3) is 3.68. The van der Waals surface area contributed by atoms with Crippen LogP contribution in [-0.2, 0) is 16.9 Å². The van der Waals surface area contributed by atoms with E-state index in [4.69, 9.17) is 21.7 Å². The summed E-state index contributed by atoms with van der Waals surface area (Å²) in [6, 6.07) is 0.762. The zero-order valence-corrected chi connectivity index (χ0v) is 24.3. The zero-order valence-electron chi connectivity index (χ0n) is 23.5. The molecule has 5 aliphatic rings. The number of amides is 1. The Balaban J connectivity index is 1.27. The molecule has 2 saturated carbocycles. The summed E-state index contributed by atoms with van der Waals surface area (Å²) in [4.78, 5) is 21.2. The lowest BCUT2D eigenvalue weighted by Crippen LogP contribution is -2.63. The summed E-state index contributed by atoms with van der Waals surface area (Å²) < 4.78 is 4.59. The molecule has 3 aliphatic heterocycles. The summed E-state index contributed by atoms with van der Waals surface area (Å²) in [5.41, 5.74) is 9.51. The number of imidazole rings is 1. The van der Waals surface area contributed by atoms with Crippen LogP contribution in [0, 0.1) is 24.2 Å². The molecule has 1 amide bonds. The maximum atomic E-state index is 12.1. The van der Waals surface area contributed by atoms with Crippen LogP contribution in [0.5, 0.6) is 0 Å². The summed E-state index contributed by atoms with van der Waals surface area (Å²) in [6.45, 7) is 17.1. The molecule has 2 N–H and O–H groups in total. The van der Waals surface area contributed by atoms with Crippen molar-refractivity contribution in [3.63, 3.8) is 0 Å². The highest BCUT2D eigenvalue weighted by Gasteiger charge is 2.55. The molecule has 2 aromatic heterocycles. The molecule has 0 radical (unpaired) electrons. The largest absolute Gasteiger partial charge is 0.341 e. The minimum Gasteiger partial charge on any atom is -0.341 e. The van der Waals surface area contributed by atoms with Gasteiger partial charge in [-0.15, -0.1) is 11.6 Å². The molecule has 4 fully saturated rings. The van der Waals surface area contributed by atoms with Gasteiger partial charge in [-0.05, 0) is 57.9 Å². The maximum absolute atomic E-state index is 12.1. The lowest BCUT2D eigenvalue weighted by atomic mass is 9.60. The van der Waals surface area contributed by atoms with E-state index >= 15 is 0 Å². The number of hydrazine groups is 1. The second-order valence-corrected chi connectivity index (χ2v) is 13.9. The lowest BCUT2D eigenvalue weighted by Gasteiger charge is -2.58. The third-order valence-corrected chi connectivity index (χ3v) is 11.3. The first-order valence-electron chi connectivity index (χ1n) is 14.6. The van der Waals surface area contributed by atoms with E-state index in [2.05, 4.69) is 65.5 Å². The molecular weight excluding hydrogens is 512 g/mol. The van der Waals surface area contributed by atoms with E-state index in [0.717, 1.165) is 63.6 Å². The van der Waals surface area contributed by atoms with E-state index < -0.39 is 0 Å². The standard InChI is InChI=1S/C29H41ClN8O/c1-6-22(39)36-15-29(16-36)12-19(13-29)38-18(3)23(24-20-14-32-33-21(20)11-17(2)25(24)30)26(34-38)37-10-9-35-8-7-31-27(35)28(37,4)5/h6-8,17,19-21,24-25,32-33H,1,9-16H2,2-5H3. The number of alkyl halides is 1. The third-order valence-electron chi connectivity index (χ3n) is 10.6. The number of carbonyl (C=O) groups excluding carboxylic acids is 1. The van der Waals surface area contributed by atoms with Gasteiger partial charge in [0.1, 0.15) is 5.82 Å². The highest BCUT2D eigenvalue weighted by atomic mass is 35.5. The summed E-state index contributed by atoms with van der Waals surface area (Å²) in [5, 5.41) is 5.51. The van der Waals surface area contributed by atoms with Crippen LogP contribution >= 0.6 is 11.6 Å². The molecule has 5 heterocycles. The van der Waals surface area contributed by atoms with E-state index in [9.17, 15) is 4.79 Å². The van der Waals surface area contributed by atoms with Crippen LogP contribution in [-0.4, -0.2) is 67.7 Å². The SMILES string of the molecule is C=CC(=O)N1CC2(CC(n3nc(N4CCn5ccnc5C4(C)C)c(C4C(Cl)C(C)CC5NNCC54)c3C)C2)C1. The Morgan fingerprint density at radius 1 is 1.26 bits per heavy atom. The fraction of sp³-hybridized carbons (Fsp3) is 0.690. The molecular formula is C29H41ClN8O. The first-order chi connectivity index (χ1) is 18.6. The Bertz CT molecular complexity index is 1300. The molecule has 5 unspecified atom stereocenters. The van der Waals surface area contributed by atoms with Gasteiger partial charge >= 0.3 is 0 Å². The van der Waals surface area contributed by atoms with Crippen molar-refractivity contribution in [2.45, 2.75) is 82.4 Å². The number of rotatable bonds is 4. The van der Waals surface area contributed by atoms with Gasteiger partial charge in [0.2, 0.25) is 5.91 Å². The van der Waals surface area contributed by atoms with Crippen LogP contribution in [0.1, 0.15) is 69.1 Å². The van der Waals surface area contributed by atoms with Crippen LogP contribution in [0.3, 0.4) is 0 Å². The minimum atomic E-state index is -0.295. The summed E-state index contributed by atoms with van der Waals surface area (Å²) in [6.07, 6.45) is 8.63. The monoisotopic (exact) mass is 552 g/mol. The number of fused-ring (bicyclic) bond motifs is 2. The Labute approximate surface area is 235 Å². The predicted molar refractivity (Wildman–Crippen MR) is 152 cm³/mol. The van der Waals surface area contributed by atoms with Gasteiger partial charge < -0.3 is 14.4 Å². The second kappa shape index (κ2) is 8.82. The Hall–Kier alpha value is -2.36. The number of nitrogens with zero attached hydrogens (tertiary/aromatic N) is 6. The quantitative estimate of drug-likeness (QED) is 0.447. The van der Waals surface area contributed by atoms with Gasteiger partial charge in [0.15, 0.2) is 5.82 Å². The van der Waals surface area contributed by atoms with Crippen LogP contribution in [0.25, 0.3) is 0 Å². The zero-order chi connectivity index (χ0) is 27.3. The maximum Gasteiger partial charge on any atom is 0.245 e.